The van der Waals surface area contributed by atoms with Crippen LogP contribution < -0.4 is 15.8 Å². The highest BCUT2D eigenvalue weighted by Crippen LogP contribution is 2.33. The van der Waals surface area contributed by atoms with Crippen molar-refractivity contribution in [1.82, 2.24) is 19.3 Å². The van der Waals surface area contributed by atoms with E-state index in [1.54, 1.807) is 16.7 Å². The molecule has 4 aromatic rings. The average molecular weight is 465 g/mol. The normalized spacial score (nSPS) is 14.9. The largest absolute Gasteiger partial charge is 0.378 e. The zero-order chi connectivity index (χ0) is 23.1. The summed E-state index contributed by atoms with van der Waals surface area (Å²) < 4.78 is 16.4. The number of amides is 1. The Morgan fingerprint density at radius 3 is 2.61 bits per heavy atom. The lowest BCUT2D eigenvalue weighted by Crippen LogP contribution is -2.27. The van der Waals surface area contributed by atoms with Crippen molar-refractivity contribution in [3.63, 3.8) is 0 Å². The molecule has 1 amide bonds. The molecule has 1 aliphatic heterocycles. The third kappa shape index (κ3) is 3.97. The number of carbonyl (C=O) groups excluding carboxylic acids is 1. The van der Waals surface area contributed by atoms with Gasteiger partial charge in [0.15, 0.2) is 10.8 Å². The van der Waals surface area contributed by atoms with E-state index in [1.807, 2.05) is 43.3 Å². The number of hydrogen-bond acceptors (Lipinski definition) is 6. The van der Waals surface area contributed by atoms with Gasteiger partial charge in [0.1, 0.15) is 11.2 Å². The summed E-state index contributed by atoms with van der Waals surface area (Å²) in [4.78, 5) is 32.5. The van der Waals surface area contributed by atoms with Gasteiger partial charge in [-0.15, -0.1) is 0 Å². The molecule has 33 heavy (non-hydrogen) atoms. The van der Waals surface area contributed by atoms with Gasteiger partial charge in [0.25, 0.3) is 5.56 Å². The first-order valence-electron chi connectivity index (χ1n) is 10.4. The molecule has 0 spiro atoms. The Kier molecular flexibility index (Phi) is 5.37. The number of aromatic nitrogens is 4. The summed E-state index contributed by atoms with van der Waals surface area (Å²) in [5.74, 6) is 0.0562. The molecular formula is C23H21FN6O2S. The second-order valence-corrected chi connectivity index (χ2v) is 8.99. The highest BCUT2D eigenvalue weighted by atomic mass is 32.2. The van der Waals surface area contributed by atoms with Gasteiger partial charge in [-0.3, -0.25) is 14.2 Å². The highest BCUT2D eigenvalue weighted by Gasteiger charge is 2.29. The van der Waals surface area contributed by atoms with Crippen LogP contribution in [0.4, 0.5) is 15.8 Å². The lowest BCUT2D eigenvalue weighted by molar-refractivity contribution is -0.116. The maximum Gasteiger partial charge on any atom is 0.265 e. The molecule has 1 aliphatic rings. The number of nitrogens with one attached hydrogen (secondary N) is 1. The van der Waals surface area contributed by atoms with Gasteiger partial charge in [0.2, 0.25) is 5.91 Å². The topological polar surface area (TPSA) is 85.1 Å². The minimum Gasteiger partial charge on any atom is -0.378 e. The van der Waals surface area contributed by atoms with Gasteiger partial charge in [-0.2, -0.15) is 5.10 Å². The second-order valence-electron chi connectivity index (χ2n) is 8.00. The minimum atomic E-state index is -0.352. The van der Waals surface area contributed by atoms with E-state index < -0.39 is 0 Å². The molecule has 2 aromatic heterocycles. The van der Waals surface area contributed by atoms with Crippen LogP contribution in [0.5, 0.6) is 0 Å². The molecule has 0 saturated heterocycles. The number of rotatable bonds is 5. The molecule has 8 nitrogen and oxygen atoms in total. The molecule has 0 radical (unpaired) electrons. The molecule has 0 aliphatic carbocycles. The lowest BCUT2D eigenvalue weighted by Gasteiger charge is -2.15. The summed E-state index contributed by atoms with van der Waals surface area (Å²) in [5.41, 5.74) is 2.54. The monoisotopic (exact) mass is 464 g/mol. The van der Waals surface area contributed by atoms with Gasteiger partial charge in [-0.05, 0) is 48.5 Å². The molecule has 2 aromatic carbocycles. The third-order valence-corrected chi connectivity index (χ3v) is 6.63. The number of benzene rings is 2. The third-order valence-electron chi connectivity index (χ3n) is 5.53. The van der Waals surface area contributed by atoms with E-state index >= 15 is 0 Å². The Balaban J connectivity index is 1.39. The quantitative estimate of drug-likeness (QED) is 0.456. The summed E-state index contributed by atoms with van der Waals surface area (Å²) in [6.07, 6.45) is 1.63. The zero-order valence-corrected chi connectivity index (χ0v) is 18.8. The van der Waals surface area contributed by atoms with Crippen molar-refractivity contribution in [2.75, 3.05) is 30.1 Å². The Bertz CT molecular complexity index is 1400. The van der Waals surface area contributed by atoms with Crippen LogP contribution in [0.1, 0.15) is 12.5 Å². The smallest absolute Gasteiger partial charge is 0.265 e. The van der Waals surface area contributed by atoms with Crippen molar-refractivity contribution in [2.24, 2.45) is 0 Å². The summed E-state index contributed by atoms with van der Waals surface area (Å²) in [6.45, 7) is 0. The number of carbonyl (C=O) groups is 1. The molecule has 10 heteroatoms. The molecule has 168 valence electrons. The number of hydrogen-bond donors (Lipinski definition) is 1. The Morgan fingerprint density at radius 2 is 1.91 bits per heavy atom. The van der Waals surface area contributed by atoms with Crippen molar-refractivity contribution in [3.05, 3.63) is 70.9 Å². The predicted molar refractivity (Wildman–Crippen MR) is 127 cm³/mol. The van der Waals surface area contributed by atoms with Gasteiger partial charge in [0, 0.05) is 37.6 Å². The molecule has 1 atom stereocenters. The SMILES string of the molecule is CN(C)c1ccc(NC(=O)CC2CSc3nc4c(cnn4-c4ccc(F)cc4)c(=O)n32)cc1. The fraction of sp³-hybridized carbons (Fsp3) is 0.217. The van der Waals surface area contributed by atoms with E-state index in [4.69, 9.17) is 0 Å². The molecule has 0 fully saturated rings. The second kappa shape index (κ2) is 8.36. The maximum absolute atomic E-state index is 13.3. The lowest BCUT2D eigenvalue weighted by atomic mass is 10.2. The predicted octanol–water partition coefficient (Wildman–Crippen LogP) is 3.46. The van der Waals surface area contributed by atoms with Crippen molar-refractivity contribution in [3.8, 4) is 5.69 Å². The molecule has 1 N–H and O–H groups in total. The van der Waals surface area contributed by atoms with Gasteiger partial charge < -0.3 is 10.2 Å². The average Bonchev–Trinajstić information content (AvgIpc) is 3.40. The van der Waals surface area contributed by atoms with Gasteiger partial charge in [0.05, 0.1) is 17.9 Å². The van der Waals surface area contributed by atoms with Crippen LogP contribution in [0.2, 0.25) is 0 Å². The fourth-order valence-electron chi connectivity index (χ4n) is 3.82. The van der Waals surface area contributed by atoms with Crippen LogP contribution >= 0.6 is 11.8 Å². The maximum atomic E-state index is 13.3. The van der Waals surface area contributed by atoms with Crippen molar-refractivity contribution >= 4 is 40.1 Å². The van der Waals surface area contributed by atoms with Crippen molar-refractivity contribution in [1.29, 1.82) is 0 Å². The van der Waals surface area contributed by atoms with Crippen LogP contribution in [-0.4, -0.2) is 45.1 Å². The van der Waals surface area contributed by atoms with E-state index in [0.29, 0.717) is 33.3 Å². The van der Waals surface area contributed by atoms with Crippen molar-refractivity contribution < 1.29 is 9.18 Å². The van der Waals surface area contributed by atoms with Gasteiger partial charge in [-0.1, -0.05) is 11.8 Å². The summed E-state index contributed by atoms with van der Waals surface area (Å²) >= 11 is 1.43. The highest BCUT2D eigenvalue weighted by molar-refractivity contribution is 7.99. The molecule has 0 saturated carbocycles. The first-order valence-corrected chi connectivity index (χ1v) is 11.4. The summed E-state index contributed by atoms with van der Waals surface area (Å²) in [6, 6.07) is 13.1. The molecular weight excluding hydrogens is 443 g/mol. The van der Waals surface area contributed by atoms with E-state index in [1.165, 1.54) is 34.8 Å². The first kappa shape index (κ1) is 21.2. The molecule has 0 bridgehead atoms. The van der Waals surface area contributed by atoms with Gasteiger partial charge in [-0.25, -0.2) is 14.1 Å². The minimum absolute atomic E-state index is 0.161. The van der Waals surface area contributed by atoms with Crippen LogP contribution in [0, 0.1) is 5.82 Å². The van der Waals surface area contributed by atoms with E-state index in [2.05, 4.69) is 15.4 Å². The van der Waals surface area contributed by atoms with E-state index in [0.717, 1.165) is 5.69 Å². The van der Waals surface area contributed by atoms with Crippen LogP contribution in [0.15, 0.2) is 64.7 Å². The van der Waals surface area contributed by atoms with Crippen LogP contribution in [0.3, 0.4) is 0 Å². The number of fused-ring (bicyclic) bond motifs is 2. The van der Waals surface area contributed by atoms with Crippen LogP contribution in [0.25, 0.3) is 16.7 Å². The van der Waals surface area contributed by atoms with Gasteiger partial charge >= 0.3 is 0 Å². The molecule has 5 rings (SSSR count). The number of thioether (sulfide) groups is 1. The summed E-state index contributed by atoms with van der Waals surface area (Å²) in [5, 5.41) is 8.09. The zero-order valence-electron chi connectivity index (χ0n) is 18.0. The fourth-order valence-corrected chi connectivity index (χ4v) is 4.95. The standard InChI is InChI=1S/C23H21FN6O2S/c1-28(2)16-9-5-15(6-10-16)26-20(31)11-18-13-33-23-27-21-19(22(32)29(18)23)12-25-30(21)17-7-3-14(24)4-8-17/h3-10,12,18H,11,13H2,1-2H3,(H,26,31). The number of halogens is 1. The Labute approximate surface area is 193 Å². The first-order chi connectivity index (χ1) is 15.9. The molecule has 1 unspecified atom stereocenters. The van der Waals surface area contributed by atoms with E-state index in [-0.39, 0.29) is 29.7 Å². The number of anilines is 2. The van der Waals surface area contributed by atoms with Crippen molar-refractivity contribution in [2.45, 2.75) is 17.6 Å². The van der Waals surface area contributed by atoms with E-state index in [9.17, 15) is 14.0 Å². The van der Waals surface area contributed by atoms with Crippen LogP contribution in [-0.2, 0) is 4.79 Å². The Hall–Kier alpha value is -3.66. The Morgan fingerprint density at radius 1 is 1.18 bits per heavy atom. The molecule has 3 heterocycles. The summed E-state index contributed by atoms with van der Waals surface area (Å²) in [7, 11) is 3.91. The number of nitrogens with zero attached hydrogens (tertiary/aromatic N) is 5.